The normalized spacial score (nSPS) is 14.7. The summed E-state index contributed by atoms with van der Waals surface area (Å²) in [4.78, 5) is 18.9. The Morgan fingerprint density at radius 2 is 2.00 bits per heavy atom. The number of nitriles is 1. The standard InChI is InChI=1S/C22H19N5O2S/c1-4-30-22-24-20-19(25-26-22)17-11-13(2)5-10-18(17)27(14(3)28)21(29-20)16-8-6-15(12-23)7-9-16/h5-11,21H,4H2,1-3H3/t21-/m1/s1. The fourth-order valence-corrected chi connectivity index (χ4v) is 3.85. The minimum atomic E-state index is -0.755. The second-order valence-corrected chi connectivity index (χ2v) is 8.03. The Labute approximate surface area is 178 Å². The van der Waals surface area contributed by atoms with Gasteiger partial charge in [0.25, 0.3) is 0 Å². The molecule has 0 saturated heterocycles. The van der Waals surface area contributed by atoms with Crippen LogP contribution in [0.2, 0.25) is 0 Å². The molecule has 4 rings (SSSR count). The van der Waals surface area contributed by atoms with Gasteiger partial charge in [-0.15, -0.1) is 10.2 Å². The molecule has 1 aliphatic heterocycles. The predicted octanol–water partition coefficient (Wildman–Crippen LogP) is 4.27. The molecule has 0 fully saturated rings. The third-order valence-electron chi connectivity index (χ3n) is 4.70. The molecule has 0 radical (unpaired) electrons. The van der Waals surface area contributed by atoms with Crippen LogP contribution < -0.4 is 9.64 Å². The van der Waals surface area contributed by atoms with E-state index >= 15 is 0 Å². The second kappa shape index (κ2) is 8.13. The number of carbonyl (C=O) groups excluding carboxylic acids is 1. The number of benzene rings is 2. The number of rotatable bonds is 3. The van der Waals surface area contributed by atoms with Gasteiger partial charge in [-0.3, -0.25) is 9.69 Å². The van der Waals surface area contributed by atoms with Crippen molar-refractivity contribution in [2.45, 2.75) is 32.2 Å². The van der Waals surface area contributed by atoms with E-state index in [1.165, 1.54) is 18.7 Å². The van der Waals surface area contributed by atoms with E-state index in [1.54, 1.807) is 29.2 Å². The molecule has 0 spiro atoms. The van der Waals surface area contributed by atoms with Crippen molar-refractivity contribution in [3.8, 4) is 23.2 Å². The summed E-state index contributed by atoms with van der Waals surface area (Å²) in [6.07, 6.45) is -0.755. The van der Waals surface area contributed by atoms with Gasteiger partial charge in [0.1, 0.15) is 0 Å². The summed E-state index contributed by atoms with van der Waals surface area (Å²) < 4.78 is 6.30. The molecule has 0 bridgehead atoms. The molecule has 30 heavy (non-hydrogen) atoms. The van der Waals surface area contributed by atoms with Crippen LogP contribution in [0.1, 0.15) is 36.8 Å². The largest absolute Gasteiger partial charge is 0.447 e. The van der Waals surface area contributed by atoms with Gasteiger partial charge in [0.15, 0.2) is 5.69 Å². The zero-order valence-electron chi connectivity index (χ0n) is 16.8. The number of aromatic nitrogens is 3. The minimum Gasteiger partial charge on any atom is -0.447 e. The molecule has 150 valence electrons. The van der Waals surface area contributed by atoms with E-state index in [4.69, 9.17) is 10.00 Å². The van der Waals surface area contributed by atoms with E-state index < -0.39 is 6.23 Å². The third kappa shape index (κ3) is 3.60. The third-order valence-corrected chi connectivity index (χ3v) is 5.42. The first-order chi connectivity index (χ1) is 14.5. The lowest BCUT2D eigenvalue weighted by atomic mass is 10.0. The quantitative estimate of drug-likeness (QED) is 0.588. The lowest BCUT2D eigenvalue weighted by molar-refractivity contribution is -0.118. The van der Waals surface area contributed by atoms with E-state index in [0.29, 0.717) is 28.0 Å². The van der Waals surface area contributed by atoms with Crippen molar-refractivity contribution < 1.29 is 9.53 Å². The molecule has 2 aromatic carbocycles. The number of ether oxygens (including phenoxy) is 1. The maximum atomic E-state index is 12.8. The van der Waals surface area contributed by atoms with Crippen LogP contribution in [0.25, 0.3) is 11.3 Å². The SMILES string of the molecule is CCSc1nnc2c(n1)O[C@H](c1ccc(C#N)cc1)N(C(C)=O)c1ccc(C)cc1-2. The summed E-state index contributed by atoms with van der Waals surface area (Å²) in [5.41, 5.74) is 4.19. The molecule has 8 heteroatoms. The Kier molecular flexibility index (Phi) is 5.38. The van der Waals surface area contributed by atoms with Crippen molar-refractivity contribution in [3.63, 3.8) is 0 Å². The first-order valence-electron chi connectivity index (χ1n) is 9.47. The lowest BCUT2D eigenvalue weighted by Gasteiger charge is -2.30. The van der Waals surface area contributed by atoms with Crippen LogP contribution in [-0.4, -0.2) is 26.8 Å². The smallest absolute Gasteiger partial charge is 0.247 e. The summed E-state index contributed by atoms with van der Waals surface area (Å²) in [6, 6.07) is 14.9. The van der Waals surface area contributed by atoms with Crippen molar-refractivity contribution in [2.75, 3.05) is 10.7 Å². The van der Waals surface area contributed by atoms with Gasteiger partial charge < -0.3 is 4.74 Å². The van der Waals surface area contributed by atoms with Crippen LogP contribution in [-0.2, 0) is 4.79 Å². The topological polar surface area (TPSA) is 92.0 Å². The Morgan fingerprint density at radius 1 is 1.23 bits per heavy atom. The molecule has 2 heterocycles. The number of hydrogen-bond donors (Lipinski definition) is 0. The molecular formula is C22H19N5O2S. The minimum absolute atomic E-state index is 0.182. The highest BCUT2D eigenvalue weighted by Crippen LogP contribution is 2.43. The van der Waals surface area contributed by atoms with Gasteiger partial charge in [-0.2, -0.15) is 10.2 Å². The predicted molar refractivity (Wildman–Crippen MR) is 114 cm³/mol. The average molecular weight is 417 g/mol. The zero-order valence-corrected chi connectivity index (χ0v) is 17.6. The Hall–Kier alpha value is -3.44. The number of carbonyl (C=O) groups is 1. The number of hydrogen-bond acceptors (Lipinski definition) is 7. The molecule has 0 unspecified atom stereocenters. The van der Waals surface area contributed by atoms with E-state index in [2.05, 4.69) is 21.3 Å². The molecule has 1 atom stereocenters. The molecule has 0 aliphatic carbocycles. The number of fused-ring (bicyclic) bond motifs is 3. The van der Waals surface area contributed by atoms with Crippen molar-refractivity contribution in [2.24, 2.45) is 0 Å². The fraction of sp³-hybridized carbons (Fsp3) is 0.227. The monoisotopic (exact) mass is 417 g/mol. The first kappa shape index (κ1) is 19.9. The second-order valence-electron chi connectivity index (χ2n) is 6.79. The Bertz CT molecular complexity index is 1160. The molecule has 3 aromatic rings. The molecule has 1 amide bonds. The maximum Gasteiger partial charge on any atom is 0.247 e. The number of thioether (sulfide) groups is 1. The maximum absolute atomic E-state index is 12.8. The molecular weight excluding hydrogens is 398 g/mol. The Balaban J connectivity index is 1.95. The highest BCUT2D eigenvalue weighted by molar-refractivity contribution is 7.99. The summed E-state index contributed by atoms with van der Waals surface area (Å²) in [5.74, 6) is 0.943. The van der Waals surface area contributed by atoms with E-state index in [1.807, 2.05) is 32.0 Å². The van der Waals surface area contributed by atoms with Gasteiger partial charge in [-0.25, -0.2) is 0 Å². The zero-order chi connectivity index (χ0) is 21.3. The average Bonchev–Trinajstić information content (AvgIpc) is 2.88. The van der Waals surface area contributed by atoms with Crippen molar-refractivity contribution in [3.05, 3.63) is 59.2 Å². The Morgan fingerprint density at radius 3 is 2.67 bits per heavy atom. The molecule has 0 N–H and O–H groups in total. The van der Waals surface area contributed by atoms with Crippen molar-refractivity contribution in [1.82, 2.24) is 15.2 Å². The highest BCUT2D eigenvalue weighted by Gasteiger charge is 2.34. The van der Waals surface area contributed by atoms with Gasteiger partial charge >= 0.3 is 0 Å². The molecule has 1 aliphatic rings. The summed E-state index contributed by atoms with van der Waals surface area (Å²) in [6.45, 7) is 5.48. The lowest BCUT2D eigenvalue weighted by Crippen LogP contribution is -2.36. The van der Waals surface area contributed by atoms with Gasteiger partial charge in [0.2, 0.25) is 23.2 Å². The van der Waals surface area contributed by atoms with Gasteiger partial charge in [-0.05, 0) is 36.9 Å². The van der Waals surface area contributed by atoms with E-state index in [0.717, 1.165) is 22.4 Å². The summed E-state index contributed by atoms with van der Waals surface area (Å²) in [7, 11) is 0. The highest BCUT2D eigenvalue weighted by atomic mass is 32.2. The molecule has 1 aromatic heterocycles. The number of amides is 1. The van der Waals surface area contributed by atoms with Crippen LogP contribution in [0.3, 0.4) is 0 Å². The van der Waals surface area contributed by atoms with Crippen LogP contribution >= 0.6 is 11.8 Å². The number of aryl methyl sites for hydroxylation is 1. The summed E-state index contributed by atoms with van der Waals surface area (Å²) >= 11 is 1.47. The van der Waals surface area contributed by atoms with E-state index in [9.17, 15) is 4.79 Å². The van der Waals surface area contributed by atoms with Crippen LogP contribution in [0.15, 0.2) is 47.6 Å². The molecule has 7 nitrogen and oxygen atoms in total. The van der Waals surface area contributed by atoms with Crippen molar-refractivity contribution in [1.29, 1.82) is 5.26 Å². The number of nitrogens with zero attached hydrogens (tertiary/aromatic N) is 5. The van der Waals surface area contributed by atoms with Gasteiger partial charge in [-0.1, -0.05) is 42.4 Å². The van der Waals surface area contributed by atoms with Crippen LogP contribution in [0, 0.1) is 18.3 Å². The van der Waals surface area contributed by atoms with Crippen LogP contribution in [0.4, 0.5) is 5.69 Å². The van der Waals surface area contributed by atoms with Gasteiger partial charge in [0.05, 0.1) is 17.3 Å². The fourth-order valence-electron chi connectivity index (χ4n) is 3.35. The number of anilines is 1. The summed E-state index contributed by atoms with van der Waals surface area (Å²) in [5, 5.41) is 18.2. The van der Waals surface area contributed by atoms with Crippen LogP contribution in [0.5, 0.6) is 5.88 Å². The van der Waals surface area contributed by atoms with E-state index in [-0.39, 0.29) is 5.91 Å². The molecule has 0 saturated carbocycles. The van der Waals surface area contributed by atoms with Gasteiger partial charge in [0, 0.05) is 18.1 Å². The first-order valence-corrected chi connectivity index (χ1v) is 10.5. The van der Waals surface area contributed by atoms with Crippen molar-refractivity contribution >= 4 is 23.4 Å².